The van der Waals surface area contributed by atoms with E-state index >= 15 is 0 Å². The van der Waals surface area contributed by atoms with Crippen LogP contribution >= 0.6 is 0 Å². The molecule has 1 atom stereocenters. The Hall–Kier alpha value is -1.64. The third-order valence-electron chi connectivity index (χ3n) is 3.20. The summed E-state index contributed by atoms with van der Waals surface area (Å²) in [7, 11) is 0. The Balaban J connectivity index is 2.30. The van der Waals surface area contributed by atoms with Crippen LogP contribution in [0.3, 0.4) is 0 Å². The van der Waals surface area contributed by atoms with E-state index in [1.165, 1.54) is 6.39 Å². The molecule has 1 aliphatic rings. The van der Waals surface area contributed by atoms with E-state index in [4.69, 9.17) is 4.42 Å². The van der Waals surface area contributed by atoms with E-state index in [1.54, 1.807) is 0 Å². The first-order valence-electron chi connectivity index (χ1n) is 5.47. The normalized spacial score (nSPS) is 24.6. The number of hydrogen-bond acceptors (Lipinski definition) is 3. The molecule has 3 nitrogen and oxygen atoms in total. The summed E-state index contributed by atoms with van der Waals surface area (Å²) in [6.07, 6.45) is 11.8. The largest absolute Gasteiger partial charge is 0.423 e. The van der Waals surface area contributed by atoms with Crippen LogP contribution in [0.4, 0.5) is 0 Å². The smallest absolute Gasteiger partial charge is 0.247 e. The second kappa shape index (κ2) is 4.08. The zero-order valence-corrected chi connectivity index (χ0v) is 9.84. The van der Waals surface area contributed by atoms with Crippen LogP contribution in [0, 0.1) is 11.3 Å². The number of allylic oxidation sites excluding steroid dienone is 6. The summed E-state index contributed by atoms with van der Waals surface area (Å²) in [4.78, 5) is 0. The molecule has 0 spiro atoms. The Bertz CT molecular complexity index is 441. The summed E-state index contributed by atoms with van der Waals surface area (Å²) >= 11 is 0. The van der Waals surface area contributed by atoms with Gasteiger partial charge in [-0.25, -0.2) is 0 Å². The molecule has 0 amide bonds. The van der Waals surface area contributed by atoms with E-state index in [0.29, 0.717) is 11.8 Å². The Morgan fingerprint density at radius 2 is 2.12 bits per heavy atom. The lowest BCUT2D eigenvalue weighted by molar-refractivity contribution is 0.383. The van der Waals surface area contributed by atoms with Crippen molar-refractivity contribution in [3.05, 3.63) is 42.7 Å². The van der Waals surface area contributed by atoms with Crippen LogP contribution in [0.5, 0.6) is 0 Å². The topological polar surface area (TPSA) is 38.9 Å². The summed E-state index contributed by atoms with van der Waals surface area (Å²) < 4.78 is 5.18. The van der Waals surface area contributed by atoms with Crippen molar-refractivity contribution in [3.8, 4) is 0 Å². The molecule has 84 valence electrons. The molecule has 1 aromatic rings. The van der Waals surface area contributed by atoms with Crippen molar-refractivity contribution in [2.45, 2.75) is 20.8 Å². The van der Waals surface area contributed by atoms with Crippen molar-refractivity contribution in [1.29, 1.82) is 0 Å². The van der Waals surface area contributed by atoms with Gasteiger partial charge in [-0.3, -0.25) is 0 Å². The van der Waals surface area contributed by atoms with Crippen LogP contribution in [-0.2, 0) is 0 Å². The maximum absolute atomic E-state index is 5.18. The van der Waals surface area contributed by atoms with Crippen molar-refractivity contribution in [3.63, 3.8) is 0 Å². The maximum Gasteiger partial charge on any atom is 0.247 e. The lowest BCUT2D eigenvalue weighted by Crippen LogP contribution is -2.17. The Labute approximate surface area is 95.6 Å². The molecule has 2 rings (SSSR count). The van der Waals surface area contributed by atoms with Gasteiger partial charge in [0, 0.05) is 11.0 Å². The first kappa shape index (κ1) is 10.9. The summed E-state index contributed by atoms with van der Waals surface area (Å²) in [5.74, 6) is 1.12. The average molecular weight is 216 g/mol. The third-order valence-corrected chi connectivity index (χ3v) is 3.20. The summed E-state index contributed by atoms with van der Waals surface area (Å²) in [6.45, 7) is 6.65. The van der Waals surface area contributed by atoms with E-state index in [1.807, 2.05) is 12.2 Å². The molecule has 0 fully saturated rings. The van der Waals surface area contributed by atoms with Gasteiger partial charge in [0.25, 0.3) is 0 Å². The van der Waals surface area contributed by atoms with Crippen molar-refractivity contribution >= 4 is 5.57 Å². The molecule has 1 aliphatic carbocycles. The van der Waals surface area contributed by atoms with Gasteiger partial charge in [0.2, 0.25) is 12.3 Å². The quantitative estimate of drug-likeness (QED) is 0.761. The van der Waals surface area contributed by atoms with Crippen LogP contribution < -0.4 is 0 Å². The number of nitrogens with zero attached hydrogens (tertiary/aromatic N) is 2. The van der Waals surface area contributed by atoms with Crippen molar-refractivity contribution < 1.29 is 4.42 Å². The van der Waals surface area contributed by atoms with Crippen LogP contribution in [0.15, 0.2) is 41.2 Å². The fourth-order valence-corrected chi connectivity index (χ4v) is 1.57. The highest BCUT2D eigenvalue weighted by atomic mass is 16.4. The van der Waals surface area contributed by atoms with E-state index in [2.05, 4.69) is 49.2 Å². The minimum Gasteiger partial charge on any atom is -0.423 e. The second-order valence-corrected chi connectivity index (χ2v) is 4.58. The van der Waals surface area contributed by atoms with Gasteiger partial charge in [-0.05, 0) is 12.0 Å². The molecule has 0 radical (unpaired) electrons. The van der Waals surface area contributed by atoms with E-state index in [-0.39, 0.29) is 5.41 Å². The molecule has 1 heterocycles. The molecule has 16 heavy (non-hydrogen) atoms. The number of hydrogen-bond donors (Lipinski definition) is 0. The summed E-state index contributed by atoms with van der Waals surface area (Å²) in [5.41, 5.74) is 1.04. The predicted octanol–water partition coefficient (Wildman–Crippen LogP) is 3.24. The second-order valence-electron chi connectivity index (χ2n) is 4.58. The zero-order chi connectivity index (χ0) is 11.6. The Morgan fingerprint density at radius 3 is 2.75 bits per heavy atom. The maximum atomic E-state index is 5.18. The molecule has 0 bridgehead atoms. The lowest BCUT2D eigenvalue weighted by Gasteiger charge is -2.26. The Morgan fingerprint density at radius 1 is 1.31 bits per heavy atom. The minimum atomic E-state index is 0.0816. The molecular weight excluding hydrogens is 200 g/mol. The van der Waals surface area contributed by atoms with Crippen LogP contribution in [0.25, 0.3) is 5.57 Å². The first-order chi connectivity index (χ1) is 7.62. The third kappa shape index (κ3) is 1.98. The van der Waals surface area contributed by atoms with Gasteiger partial charge in [0.05, 0.1) is 0 Å². The molecule has 0 N–H and O–H groups in total. The Kier molecular flexibility index (Phi) is 2.77. The van der Waals surface area contributed by atoms with Gasteiger partial charge >= 0.3 is 0 Å². The molecule has 3 heteroatoms. The SMILES string of the molecule is CC(C)C1(C)C=CC=C(c2nnco2)C=C1. The predicted molar refractivity (Wildman–Crippen MR) is 63.5 cm³/mol. The minimum absolute atomic E-state index is 0.0816. The van der Waals surface area contributed by atoms with E-state index < -0.39 is 0 Å². The van der Waals surface area contributed by atoms with Gasteiger partial charge in [-0.2, -0.15) is 0 Å². The fourth-order valence-electron chi connectivity index (χ4n) is 1.57. The van der Waals surface area contributed by atoms with Gasteiger partial charge in [0.15, 0.2) is 0 Å². The highest BCUT2D eigenvalue weighted by Gasteiger charge is 2.23. The van der Waals surface area contributed by atoms with Crippen LogP contribution in [0.1, 0.15) is 26.7 Å². The van der Waals surface area contributed by atoms with Crippen molar-refractivity contribution in [2.75, 3.05) is 0 Å². The van der Waals surface area contributed by atoms with E-state index in [9.17, 15) is 0 Å². The molecule has 0 saturated carbocycles. The highest BCUT2D eigenvalue weighted by Crippen LogP contribution is 2.33. The fraction of sp³-hybridized carbons (Fsp3) is 0.385. The summed E-state index contributed by atoms with van der Waals surface area (Å²) in [5, 5.41) is 7.59. The molecule has 1 aromatic heterocycles. The monoisotopic (exact) mass is 216 g/mol. The molecule has 0 aliphatic heterocycles. The lowest BCUT2D eigenvalue weighted by atomic mass is 9.79. The van der Waals surface area contributed by atoms with Gasteiger partial charge in [-0.1, -0.05) is 45.1 Å². The summed E-state index contributed by atoms with van der Waals surface area (Å²) in [6, 6.07) is 0. The standard InChI is InChI=1S/C13H16N2O/c1-10(2)13(3)7-4-5-11(6-8-13)12-15-14-9-16-12/h4-10H,1-3H3. The van der Waals surface area contributed by atoms with Crippen molar-refractivity contribution in [1.82, 2.24) is 10.2 Å². The molecule has 1 unspecified atom stereocenters. The van der Waals surface area contributed by atoms with Crippen molar-refractivity contribution in [2.24, 2.45) is 11.3 Å². The van der Waals surface area contributed by atoms with Gasteiger partial charge < -0.3 is 4.42 Å². The zero-order valence-electron chi connectivity index (χ0n) is 9.84. The van der Waals surface area contributed by atoms with Gasteiger partial charge in [0.1, 0.15) is 0 Å². The highest BCUT2D eigenvalue weighted by molar-refractivity contribution is 5.70. The number of aromatic nitrogens is 2. The van der Waals surface area contributed by atoms with Crippen LogP contribution in [0.2, 0.25) is 0 Å². The molecule has 0 saturated heterocycles. The van der Waals surface area contributed by atoms with Gasteiger partial charge in [-0.15, -0.1) is 10.2 Å². The number of rotatable bonds is 2. The van der Waals surface area contributed by atoms with E-state index in [0.717, 1.165) is 5.57 Å². The average Bonchev–Trinajstić information content (AvgIpc) is 2.69. The molecular formula is C13H16N2O. The van der Waals surface area contributed by atoms with Crippen LogP contribution in [-0.4, -0.2) is 10.2 Å². The first-order valence-corrected chi connectivity index (χ1v) is 5.47. The molecule has 0 aromatic carbocycles.